The van der Waals surface area contributed by atoms with Crippen LogP contribution in [0.25, 0.3) is 5.57 Å². The number of benzene rings is 1. The molecule has 4 aliphatic carbocycles. The van der Waals surface area contributed by atoms with Crippen molar-refractivity contribution in [2.24, 2.45) is 23.7 Å². The normalized spacial score (nSPS) is 32.7. The molecule has 0 aliphatic heterocycles. The summed E-state index contributed by atoms with van der Waals surface area (Å²) in [6, 6.07) is 6.02. The molecule has 114 valence electrons. The Bertz CT molecular complexity index is 716. The monoisotopic (exact) mass is 358 g/mol. The number of Topliss-reactive ketones (excluding diaryl/α,β-unsaturated/α-hetero) is 1. The van der Waals surface area contributed by atoms with E-state index >= 15 is 0 Å². The second-order valence-electron chi connectivity index (χ2n) is 6.62. The highest BCUT2D eigenvalue weighted by atomic mass is 79.9. The topological polar surface area (TPSA) is 37.3 Å². The lowest BCUT2D eigenvalue weighted by molar-refractivity contribution is -0.120. The van der Waals surface area contributed by atoms with Gasteiger partial charge in [0.15, 0.2) is 5.78 Å². The fourth-order valence-electron chi connectivity index (χ4n) is 4.54. The zero-order chi connectivity index (χ0) is 15.4. The van der Waals surface area contributed by atoms with E-state index in [0.717, 1.165) is 34.9 Å². The third kappa shape index (κ3) is 1.88. The Morgan fingerprint density at radius 3 is 2.45 bits per heavy atom. The summed E-state index contributed by atoms with van der Waals surface area (Å²) < 4.78 is 0.948. The van der Waals surface area contributed by atoms with E-state index in [0.29, 0.717) is 23.2 Å². The molecule has 5 rings (SSSR count). The first-order valence-corrected chi connectivity index (χ1v) is 8.85. The van der Waals surface area contributed by atoms with Crippen molar-refractivity contribution in [3.05, 3.63) is 51.7 Å². The number of aliphatic hydroxyl groups excluding tert-OH is 1. The summed E-state index contributed by atoms with van der Waals surface area (Å²) in [7, 11) is 0. The number of ketones is 1. The van der Waals surface area contributed by atoms with E-state index in [1.54, 1.807) is 0 Å². The van der Waals surface area contributed by atoms with Gasteiger partial charge in [0.1, 0.15) is 5.76 Å². The predicted octanol–water partition coefficient (Wildman–Crippen LogP) is 4.69. The molecule has 4 atom stereocenters. The van der Waals surface area contributed by atoms with Gasteiger partial charge in [-0.1, -0.05) is 41.1 Å². The number of allylic oxidation sites excluding steroid dienone is 4. The Morgan fingerprint density at radius 1 is 1.18 bits per heavy atom. The van der Waals surface area contributed by atoms with Crippen LogP contribution in [0, 0.1) is 23.7 Å². The van der Waals surface area contributed by atoms with Crippen molar-refractivity contribution in [3.63, 3.8) is 0 Å². The van der Waals surface area contributed by atoms with Crippen molar-refractivity contribution in [2.45, 2.75) is 26.2 Å². The van der Waals surface area contributed by atoms with E-state index in [-0.39, 0.29) is 17.6 Å². The molecule has 22 heavy (non-hydrogen) atoms. The van der Waals surface area contributed by atoms with Gasteiger partial charge in [-0.25, -0.2) is 0 Å². The number of hydrogen-bond acceptors (Lipinski definition) is 2. The number of aliphatic hydroxyl groups is 1. The van der Waals surface area contributed by atoms with Crippen molar-refractivity contribution in [2.75, 3.05) is 0 Å². The van der Waals surface area contributed by atoms with Crippen LogP contribution in [0.15, 0.2) is 40.6 Å². The Balaban J connectivity index is 1.86. The first-order valence-electron chi connectivity index (χ1n) is 8.06. The standard InChI is InChI=1S/C19H19BrO2/c1-2-10-7-8-13(20)9-14(10)17-18(21)15-11-3-4-12(6-5-11)16(15)19(17)22/h3-4,7-9,11-12,15-16,21H,2,5-6H2,1H3/t11-,12+,15?,16?/m0/s1. The van der Waals surface area contributed by atoms with E-state index < -0.39 is 0 Å². The van der Waals surface area contributed by atoms with Gasteiger partial charge in [-0.05, 0) is 54.4 Å². The molecule has 1 saturated carbocycles. The van der Waals surface area contributed by atoms with Gasteiger partial charge in [0.05, 0.1) is 5.57 Å². The summed E-state index contributed by atoms with van der Waals surface area (Å²) in [6.45, 7) is 2.09. The maximum Gasteiger partial charge on any atom is 0.171 e. The predicted molar refractivity (Wildman–Crippen MR) is 90.4 cm³/mol. The van der Waals surface area contributed by atoms with Crippen molar-refractivity contribution >= 4 is 27.3 Å². The molecular formula is C19H19BrO2. The minimum Gasteiger partial charge on any atom is -0.511 e. The number of halogens is 1. The van der Waals surface area contributed by atoms with Crippen LogP contribution in [-0.2, 0) is 11.2 Å². The lowest BCUT2D eigenvalue weighted by Crippen LogP contribution is -2.38. The van der Waals surface area contributed by atoms with Gasteiger partial charge < -0.3 is 5.11 Å². The Labute approximate surface area is 139 Å². The maximum absolute atomic E-state index is 13.1. The molecule has 2 nitrogen and oxygen atoms in total. The first-order chi connectivity index (χ1) is 10.6. The van der Waals surface area contributed by atoms with Gasteiger partial charge in [0.2, 0.25) is 0 Å². The third-order valence-electron chi connectivity index (χ3n) is 5.59. The maximum atomic E-state index is 13.1. The Hall–Kier alpha value is -1.35. The summed E-state index contributed by atoms with van der Waals surface area (Å²) in [6.07, 6.45) is 7.43. The smallest absolute Gasteiger partial charge is 0.171 e. The molecule has 0 amide bonds. The fourth-order valence-corrected chi connectivity index (χ4v) is 4.91. The lowest BCUT2D eigenvalue weighted by atomic mass is 9.63. The van der Waals surface area contributed by atoms with Gasteiger partial charge in [0, 0.05) is 16.3 Å². The number of rotatable bonds is 2. The lowest BCUT2D eigenvalue weighted by Gasteiger charge is -2.40. The molecule has 3 heteroatoms. The van der Waals surface area contributed by atoms with Crippen molar-refractivity contribution in [3.8, 4) is 0 Å². The minimum atomic E-state index is -0.0394. The molecule has 1 N–H and O–H groups in total. The second kappa shape index (κ2) is 5.09. The molecule has 0 spiro atoms. The fraction of sp³-hybridized carbons (Fsp3) is 0.421. The second-order valence-corrected chi connectivity index (χ2v) is 7.54. The van der Waals surface area contributed by atoms with E-state index in [1.807, 2.05) is 18.2 Å². The van der Waals surface area contributed by atoms with Crippen LogP contribution in [0.5, 0.6) is 0 Å². The van der Waals surface area contributed by atoms with E-state index in [1.165, 1.54) is 0 Å². The largest absolute Gasteiger partial charge is 0.511 e. The van der Waals surface area contributed by atoms with Crippen LogP contribution in [-0.4, -0.2) is 10.9 Å². The molecular weight excluding hydrogens is 340 g/mol. The molecule has 1 aromatic rings. The number of carbonyl (C=O) groups excluding carboxylic acids is 1. The summed E-state index contributed by atoms with van der Waals surface area (Å²) in [5.74, 6) is 1.08. The van der Waals surface area contributed by atoms with Crippen molar-refractivity contribution in [1.82, 2.24) is 0 Å². The zero-order valence-corrected chi connectivity index (χ0v) is 14.1. The summed E-state index contributed by atoms with van der Waals surface area (Å²) in [5.41, 5.74) is 2.61. The van der Waals surface area contributed by atoms with Gasteiger partial charge in [-0.15, -0.1) is 0 Å². The highest BCUT2D eigenvalue weighted by Gasteiger charge is 2.52. The molecule has 1 fully saturated rings. The van der Waals surface area contributed by atoms with Crippen LogP contribution >= 0.6 is 15.9 Å². The quantitative estimate of drug-likeness (QED) is 0.778. The summed E-state index contributed by atoms with van der Waals surface area (Å²) >= 11 is 3.50. The van der Waals surface area contributed by atoms with Crippen molar-refractivity contribution in [1.29, 1.82) is 0 Å². The van der Waals surface area contributed by atoms with E-state index in [9.17, 15) is 9.90 Å². The van der Waals surface area contributed by atoms with Gasteiger partial charge in [0.25, 0.3) is 0 Å². The highest BCUT2D eigenvalue weighted by molar-refractivity contribution is 9.10. The van der Waals surface area contributed by atoms with Gasteiger partial charge in [-0.3, -0.25) is 4.79 Å². The molecule has 0 saturated heterocycles. The Kier molecular flexibility index (Phi) is 3.30. The Morgan fingerprint density at radius 2 is 1.86 bits per heavy atom. The zero-order valence-electron chi connectivity index (χ0n) is 12.6. The summed E-state index contributed by atoms with van der Waals surface area (Å²) in [5, 5.41) is 10.9. The average molecular weight is 359 g/mol. The highest BCUT2D eigenvalue weighted by Crippen LogP contribution is 2.54. The molecule has 1 aromatic carbocycles. The van der Waals surface area contributed by atoms with Crippen LogP contribution in [0.2, 0.25) is 0 Å². The molecule has 0 aromatic heterocycles. The number of hydrogen-bond donors (Lipinski definition) is 1. The van der Waals surface area contributed by atoms with Crippen LogP contribution < -0.4 is 0 Å². The molecule has 4 aliphatic rings. The number of carbonyl (C=O) groups is 1. The SMILES string of the molecule is CCc1ccc(Br)cc1C1=C(O)C2C(C1=O)[C@@H]1C=C[C@H]2CC1. The molecule has 0 radical (unpaired) electrons. The molecule has 2 bridgehead atoms. The minimum absolute atomic E-state index is 0.00920. The van der Waals surface area contributed by atoms with Crippen LogP contribution in [0.1, 0.15) is 30.9 Å². The number of aryl methyl sites for hydroxylation is 1. The molecule has 0 heterocycles. The first kappa shape index (κ1) is 14.3. The van der Waals surface area contributed by atoms with Gasteiger partial charge in [-0.2, -0.15) is 0 Å². The van der Waals surface area contributed by atoms with E-state index in [2.05, 4.69) is 35.0 Å². The van der Waals surface area contributed by atoms with Crippen molar-refractivity contribution < 1.29 is 9.90 Å². The van der Waals surface area contributed by atoms with Crippen LogP contribution in [0.4, 0.5) is 0 Å². The summed E-state index contributed by atoms with van der Waals surface area (Å²) in [4.78, 5) is 13.1. The third-order valence-corrected chi connectivity index (χ3v) is 6.08. The average Bonchev–Trinajstić information content (AvgIpc) is 2.82. The van der Waals surface area contributed by atoms with Crippen LogP contribution in [0.3, 0.4) is 0 Å². The molecule has 2 unspecified atom stereocenters. The van der Waals surface area contributed by atoms with Gasteiger partial charge >= 0.3 is 0 Å². The van der Waals surface area contributed by atoms with E-state index in [4.69, 9.17) is 0 Å². The number of fused-ring (bicyclic) bond motifs is 1.